The lowest BCUT2D eigenvalue weighted by Gasteiger charge is -2.11. The molecule has 0 spiro atoms. The summed E-state index contributed by atoms with van der Waals surface area (Å²) in [5.41, 5.74) is 9.04. The molecule has 0 aliphatic rings. The van der Waals surface area contributed by atoms with Crippen molar-refractivity contribution in [3.63, 3.8) is 0 Å². The average Bonchev–Trinajstić information content (AvgIpc) is 3.14. The fourth-order valence-corrected chi connectivity index (χ4v) is 4.22. The Labute approximate surface area is 188 Å². The van der Waals surface area contributed by atoms with Crippen molar-refractivity contribution >= 4 is 27.7 Å². The second-order valence-corrected chi connectivity index (χ2v) is 7.73. The second kappa shape index (κ2) is 8.06. The number of benzene rings is 4. The van der Waals surface area contributed by atoms with Gasteiger partial charge in [-0.15, -0.1) is 0 Å². The highest BCUT2D eigenvalue weighted by atomic mass is 19.1. The number of ether oxygens (including phenoxy) is 1. The number of primary amides is 1. The van der Waals surface area contributed by atoms with Crippen LogP contribution in [0.1, 0.15) is 15.9 Å². The molecule has 6 heteroatoms. The summed E-state index contributed by atoms with van der Waals surface area (Å²) in [6, 6.07) is 23.5. The Morgan fingerprint density at radius 3 is 2.33 bits per heavy atom. The lowest BCUT2D eigenvalue weighted by Crippen LogP contribution is -2.11. The van der Waals surface area contributed by atoms with Gasteiger partial charge in [0, 0.05) is 21.9 Å². The Morgan fingerprint density at radius 1 is 0.970 bits per heavy atom. The minimum atomic E-state index is -0.633. The number of hydrogen-bond acceptors (Lipinski definition) is 2. The number of amides is 1. The molecule has 2 N–H and O–H groups in total. The highest BCUT2D eigenvalue weighted by Gasteiger charge is 2.19. The smallest absolute Gasteiger partial charge is 0.249 e. The van der Waals surface area contributed by atoms with Crippen molar-refractivity contribution < 1.29 is 18.3 Å². The predicted octanol–water partition coefficient (Wildman–Crippen LogP) is 5.70. The Balaban J connectivity index is 1.79. The number of rotatable bonds is 5. The number of nitrogens with zero attached hydrogens (tertiary/aromatic N) is 1. The van der Waals surface area contributed by atoms with E-state index in [1.807, 2.05) is 36.4 Å². The number of nitrogens with two attached hydrogens (primary N) is 1. The van der Waals surface area contributed by atoms with E-state index in [1.54, 1.807) is 29.9 Å². The molecule has 5 aromatic rings. The first kappa shape index (κ1) is 20.7. The van der Waals surface area contributed by atoms with Gasteiger partial charge >= 0.3 is 0 Å². The van der Waals surface area contributed by atoms with Crippen LogP contribution in [0.4, 0.5) is 8.78 Å². The normalized spacial score (nSPS) is 11.2. The fourth-order valence-electron chi connectivity index (χ4n) is 4.22. The summed E-state index contributed by atoms with van der Waals surface area (Å²) < 4.78 is 36.1. The van der Waals surface area contributed by atoms with Crippen LogP contribution in [-0.4, -0.2) is 17.6 Å². The van der Waals surface area contributed by atoms with Crippen molar-refractivity contribution in [3.8, 4) is 16.9 Å². The number of carbonyl (C=O) groups is 1. The molecule has 33 heavy (non-hydrogen) atoms. The van der Waals surface area contributed by atoms with Crippen LogP contribution < -0.4 is 10.5 Å². The number of fused-ring (bicyclic) bond motifs is 3. The second-order valence-electron chi connectivity index (χ2n) is 7.73. The van der Waals surface area contributed by atoms with Gasteiger partial charge in [0.05, 0.1) is 24.7 Å². The number of carbonyl (C=O) groups excluding carboxylic acids is 1. The van der Waals surface area contributed by atoms with E-state index < -0.39 is 17.5 Å². The van der Waals surface area contributed by atoms with Crippen molar-refractivity contribution in [3.05, 3.63) is 102 Å². The molecule has 0 fully saturated rings. The van der Waals surface area contributed by atoms with Crippen molar-refractivity contribution in [2.75, 3.05) is 7.11 Å². The third-order valence-corrected chi connectivity index (χ3v) is 5.86. The molecule has 0 saturated carbocycles. The van der Waals surface area contributed by atoms with E-state index >= 15 is 0 Å². The molecule has 163 valence electrons. The van der Waals surface area contributed by atoms with Crippen molar-refractivity contribution in [2.24, 2.45) is 5.73 Å². The molecule has 4 nitrogen and oxygen atoms in total. The standard InChI is InChI=1S/C27H19F2N2O2/c1-33-18-11-8-16(9-12-18)17-10-13-19-25(14-17)31(15-21-22(28)5-3-6-23(21)29)24-7-2-4-20(26(19)24)27(30)32/h2-12,14H,15H2,1H3,(H2,30,32). The molecule has 1 aromatic heterocycles. The zero-order valence-electron chi connectivity index (χ0n) is 17.7. The van der Waals surface area contributed by atoms with Crippen LogP contribution >= 0.6 is 0 Å². The number of aromatic nitrogens is 1. The minimum Gasteiger partial charge on any atom is -0.497 e. The highest BCUT2D eigenvalue weighted by molar-refractivity contribution is 6.18. The Bertz CT molecular complexity index is 1500. The van der Waals surface area contributed by atoms with Crippen molar-refractivity contribution in [1.29, 1.82) is 0 Å². The van der Waals surface area contributed by atoms with Gasteiger partial charge in [-0.05, 0) is 65.7 Å². The zero-order chi connectivity index (χ0) is 23.1. The number of methoxy groups -OCH3 is 1. The zero-order valence-corrected chi connectivity index (χ0v) is 17.7. The van der Waals surface area contributed by atoms with Crippen LogP contribution in [0.25, 0.3) is 32.9 Å². The summed E-state index contributed by atoms with van der Waals surface area (Å²) in [5, 5.41) is 1.27. The molecular weight excluding hydrogens is 422 g/mol. The number of halogens is 2. The summed E-state index contributed by atoms with van der Waals surface area (Å²) in [6.45, 7) is -0.0549. The molecule has 0 aliphatic carbocycles. The SMILES string of the molecule is COc1ccc(-c2c[c]c3c4c(C(N)=O)cccc4n(Cc4c(F)cccc4F)c3c2)cc1. The van der Waals surface area contributed by atoms with Crippen LogP contribution in [0.3, 0.4) is 0 Å². The topological polar surface area (TPSA) is 57.2 Å². The van der Waals surface area contributed by atoms with E-state index in [9.17, 15) is 13.6 Å². The van der Waals surface area contributed by atoms with Crippen LogP contribution in [-0.2, 0) is 6.54 Å². The highest BCUT2D eigenvalue weighted by Crippen LogP contribution is 2.35. The summed E-state index contributed by atoms with van der Waals surface area (Å²) in [7, 11) is 1.60. The quantitative estimate of drug-likeness (QED) is 0.381. The van der Waals surface area contributed by atoms with Gasteiger partial charge in [0.2, 0.25) is 5.91 Å². The van der Waals surface area contributed by atoms with E-state index in [2.05, 4.69) is 6.07 Å². The molecule has 0 atom stereocenters. The van der Waals surface area contributed by atoms with E-state index in [4.69, 9.17) is 10.5 Å². The first-order chi connectivity index (χ1) is 16.0. The maximum absolute atomic E-state index is 14.5. The largest absolute Gasteiger partial charge is 0.497 e. The van der Waals surface area contributed by atoms with E-state index in [0.29, 0.717) is 27.4 Å². The van der Waals surface area contributed by atoms with Crippen LogP contribution in [0, 0.1) is 17.7 Å². The molecular formula is C27H19F2N2O2. The summed E-state index contributed by atoms with van der Waals surface area (Å²) >= 11 is 0. The fraction of sp³-hybridized carbons (Fsp3) is 0.0741. The first-order valence-electron chi connectivity index (χ1n) is 10.3. The molecule has 1 amide bonds. The van der Waals surface area contributed by atoms with Gasteiger partial charge in [0.1, 0.15) is 17.4 Å². The van der Waals surface area contributed by atoms with Gasteiger partial charge in [-0.25, -0.2) is 8.78 Å². The Morgan fingerprint density at radius 2 is 1.67 bits per heavy atom. The van der Waals surface area contributed by atoms with E-state index in [0.717, 1.165) is 16.9 Å². The van der Waals surface area contributed by atoms with E-state index in [-0.39, 0.29) is 12.1 Å². The summed E-state index contributed by atoms with van der Waals surface area (Å²) in [5.74, 6) is -1.11. The lowest BCUT2D eigenvalue weighted by atomic mass is 10.0. The first-order valence-corrected chi connectivity index (χ1v) is 10.3. The van der Waals surface area contributed by atoms with Gasteiger partial charge in [-0.3, -0.25) is 4.79 Å². The Kier molecular flexibility index (Phi) is 5.05. The maximum atomic E-state index is 14.5. The lowest BCUT2D eigenvalue weighted by molar-refractivity contribution is 0.100. The molecule has 0 aliphatic heterocycles. The molecule has 1 heterocycles. The Hall–Kier alpha value is -4.19. The third-order valence-electron chi connectivity index (χ3n) is 5.86. The number of hydrogen-bond donors (Lipinski definition) is 1. The van der Waals surface area contributed by atoms with Gasteiger partial charge in [0.15, 0.2) is 0 Å². The molecule has 0 unspecified atom stereocenters. The van der Waals surface area contributed by atoms with Gasteiger partial charge in [0.25, 0.3) is 0 Å². The molecule has 1 radical (unpaired) electrons. The van der Waals surface area contributed by atoms with Gasteiger partial charge in [-0.2, -0.15) is 0 Å². The summed E-state index contributed by atoms with van der Waals surface area (Å²) in [4.78, 5) is 12.2. The van der Waals surface area contributed by atoms with Crippen LogP contribution in [0.2, 0.25) is 0 Å². The maximum Gasteiger partial charge on any atom is 0.249 e. The molecule has 0 saturated heterocycles. The van der Waals surface area contributed by atoms with Crippen molar-refractivity contribution in [2.45, 2.75) is 6.54 Å². The average molecular weight is 441 g/mol. The molecule has 5 rings (SSSR count). The molecule has 4 aromatic carbocycles. The molecule has 0 bridgehead atoms. The van der Waals surface area contributed by atoms with Crippen molar-refractivity contribution in [1.82, 2.24) is 4.57 Å². The summed E-state index contributed by atoms with van der Waals surface area (Å²) in [6.07, 6.45) is 0. The minimum absolute atomic E-state index is 0.0549. The van der Waals surface area contributed by atoms with Gasteiger partial charge in [-0.1, -0.05) is 24.3 Å². The monoisotopic (exact) mass is 441 g/mol. The third kappa shape index (κ3) is 3.49. The predicted molar refractivity (Wildman–Crippen MR) is 124 cm³/mol. The van der Waals surface area contributed by atoms with Crippen LogP contribution in [0.15, 0.2) is 72.8 Å². The van der Waals surface area contributed by atoms with Gasteiger partial charge < -0.3 is 15.0 Å². The van der Waals surface area contributed by atoms with E-state index in [1.165, 1.54) is 18.2 Å². The van der Waals surface area contributed by atoms with Crippen LogP contribution in [0.5, 0.6) is 5.75 Å².